The normalized spacial score (nSPS) is 10.8. The molecule has 0 atom stereocenters. The average molecular weight is 432 g/mol. The highest BCUT2D eigenvalue weighted by atomic mass is 35.5. The molecule has 3 aromatic rings. The van der Waals surface area contributed by atoms with Crippen molar-refractivity contribution in [3.8, 4) is 0 Å². The first-order valence-electron chi connectivity index (χ1n) is 8.65. The highest BCUT2D eigenvalue weighted by Crippen LogP contribution is 2.25. The molecule has 1 aromatic heterocycles. The van der Waals surface area contributed by atoms with Crippen molar-refractivity contribution < 1.29 is 4.79 Å². The summed E-state index contributed by atoms with van der Waals surface area (Å²) in [5.74, 6) is 0.672. The predicted octanol–water partition coefficient (Wildman–Crippen LogP) is 3.57. The fourth-order valence-corrected chi connectivity index (χ4v) is 2.83. The molecule has 1 amide bonds. The van der Waals surface area contributed by atoms with Crippen LogP contribution < -0.4 is 16.4 Å². The van der Waals surface area contributed by atoms with Crippen LogP contribution in [0.25, 0.3) is 0 Å². The van der Waals surface area contributed by atoms with E-state index in [2.05, 4.69) is 25.6 Å². The van der Waals surface area contributed by atoms with Crippen molar-refractivity contribution in [2.45, 2.75) is 6.54 Å². The van der Waals surface area contributed by atoms with Crippen LogP contribution in [0.15, 0.2) is 48.5 Å². The maximum absolute atomic E-state index is 12.3. The summed E-state index contributed by atoms with van der Waals surface area (Å²) in [7, 11) is 1.78. The Balaban J connectivity index is 1.60. The lowest BCUT2D eigenvalue weighted by Gasteiger charge is -2.16. The lowest BCUT2D eigenvalue weighted by atomic mass is 10.3. The van der Waals surface area contributed by atoms with Crippen molar-refractivity contribution in [3.05, 3.63) is 64.4 Å². The smallest absolute Gasteiger partial charge is 0.238 e. The third-order valence-electron chi connectivity index (χ3n) is 3.76. The van der Waals surface area contributed by atoms with Gasteiger partial charge in [0.15, 0.2) is 0 Å². The summed E-state index contributed by atoms with van der Waals surface area (Å²) in [6, 6.07) is 14.4. The molecule has 0 fully saturated rings. The molecule has 2 aromatic carbocycles. The highest BCUT2D eigenvalue weighted by molar-refractivity contribution is 6.42. The number of nitrogens with one attached hydrogen (secondary N) is 2. The highest BCUT2D eigenvalue weighted by Gasteiger charge is 2.12. The van der Waals surface area contributed by atoms with E-state index in [0.29, 0.717) is 34.1 Å². The maximum atomic E-state index is 12.3. The van der Waals surface area contributed by atoms with E-state index < -0.39 is 0 Å². The number of carbonyl (C=O) groups excluding carboxylic acids is 1. The quantitative estimate of drug-likeness (QED) is 0.524. The van der Waals surface area contributed by atoms with Gasteiger partial charge in [-0.15, -0.1) is 0 Å². The van der Waals surface area contributed by atoms with Gasteiger partial charge in [-0.25, -0.2) is 0 Å². The molecular weight excluding hydrogens is 413 g/mol. The van der Waals surface area contributed by atoms with Crippen molar-refractivity contribution in [1.82, 2.24) is 19.9 Å². The Morgan fingerprint density at radius 2 is 1.79 bits per heavy atom. The third kappa shape index (κ3) is 6.28. The second-order valence-electron chi connectivity index (χ2n) is 6.27. The van der Waals surface area contributed by atoms with Gasteiger partial charge in [-0.05, 0) is 37.4 Å². The van der Waals surface area contributed by atoms with E-state index in [1.54, 1.807) is 30.1 Å². The molecule has 10 heteroatoms. The van der Waals surface area contributed by atoms with Gasteiger partial charge >= 0.3 is 0 Å². The molecule has 0 aliphatic carbocycles. The number of aromatic nitrogens is 3. The standard InChI is InChI=1S/C19H19Cl2N7O/c1-28(11-17(29)23-13-7-8-14(20)15(21)9-13)10-16-25-18(22)27-19(26-16)24-12-5-3-2-4-6-12/h2-9H,10-11H2,1H3,(H,23,29)(H3,22,24,25,26,27). The van der Waals surface area contributed by atoms with Gasteiger partial charge in [0.05, 0.1) is 23.1 Å². The minimum atomic E-state index is -0.212. The summed E-state index contributed by atoms with van der Waals surface area (Å²) >= 11 is 11.8. The Morgan fingerprint density at radius 1 is 1.03 bits per heavy atom. The van der Waals surface area contributed by atoms with Crippen LogP contribution in [0.1, 0.15) is 5.82 Å². The van der Waals surface area contributed by atoms with Crippen molar-refractivity contribution >= 4 is 52.4 Å². The van der Waals surface area contributed by atoms with Crippen LogP contribution in [0.3, 0.4) is 0 Å². The van der Waals surface area contributed by atoms with E-state index in [4.69, 9.17) is 28.9 Å². The largest absolute Gasteiger partial charge is 0.368 e. The zero-order chi connectivity index (χ0) is 20.8. The molecule has 29 heavy (non-hydrogen) atoms. The third-order valence-corrected chi connectivity index (χ3v) is 4.50. The molecule has 0 radical (unpaired) electrons. The van der Waals surface area contributed by atoms with E-state index in [0.717, 1.165) is 5.69 Å². The lowest BCUT2D eigenvalue weighted by Crippen LogP contribution is -2.30. The summed E-state index contributed by atoms with van der Waals surface area (Å²) < 4.78 is 0. The molecule has 0 unspecified atom stereocenters. The van der Waals surface area contributed by atoms with Crippen LogP contribution in [-0.4, -0.2) is 39.4 Å². The molecule has 0 aliphatic rings. The number of nitrogens with zero attached hydrogens (tertiary/aromatic N) is 4. The number of hydrogen-bond acceptors (Lipinski definition) is 7. The summed E-state index contributed by atoms with van der Waals surface area (Å²) in [6.45, 7) is 0.429. The second kappa shape index (κ2) is 9.51. The number of hydrogen-bond donors (Lipinski definition) is 3. The number of nitrogens with two attached hydrogens (primary N) is 1. The lowest BCUT2D eigenvalue weighted by molar-refractivity contribution is -0.117. The Morgan fingerprint density at radius 3 is 2.52 bits per heavy atom. The van der Waals surface area contributed by atoms with Crippen molar-refractivity contribution in [3.63, 3.8) is 0 Å². The summed E-state index contributed by atoms with van der Waals surface area (Å²) in [4.78, 5) is 26.6. The number of anilines is 4. The molecule has 0 saturated carbocycles. The van der Waals surface area contributed by atoms with E-state index in [1.807, 2.05) is 30.3 Å². The molecule has 0 bridgehead atoms. The SMILES string of the molecule is CN(CC(=O)Nc1ccc(Cl)c(Cl)c1)Cc1nc(N)nc(Nc2ccccc2)n1. The van der Waals surface area contributed by atoms with Crippen molar-refractivity contribution in [1.29, 1.82) is 0 Å². The van der Waals surface area contributed by atoms with Crippen LogP contribution in [0, 0.1) is 0 Å². The molecule has 0 saturated heterocycles. The first kappa shape index (κ1) is 20.8. The number of benzene rings is 2. The van der Waals surface area contributed by atoms with Crippen LogP contribution in [0.5, 0.6) is 0 Å². The van der Waals surface area contributed by atoms with Gasteiger partial charge in [0, 0.05) is 11.4 Å². The van der Waals surface area contributed by atoms with Gasteiger partial charge in [-0.1, -0.05) is 41.4 Å². The molecule has 8 nitrogen and oxygen atoms in total. The fourth-order valence-electron chi connectivity index (χ4n) is 2.53. The number of likely N-dealkylation sites (N-methyl/N-ethyl adjacent to an activating group) is 1. The van der Waals surface area contributed by atoms with E-state index in [9.17, 15) is 4.79 Å². The van der Waals surface area contributed by atoms with Crippen LogP contribution in [0.2, 0.25) is 10.0 Å². The number of nitrogen functional groups attached to an aromatic ring is 1. The maximum Gasteiger partial charge on any atom is 0.238 e. The molecule has 3 rings (SSSR count). The molecule has 1 heterocycles. The molecule has 4 N–H and O–H groups in total. The summed E-state index contributed by atoms with van der Waals surface area (Å²) in [5.41, 5.74) is 7.19. The molecule has 0 spiro atoms. The van der Waals surface area contributed by atoms with E-state index in [1.165, 1.54) is 0 Å². The minimum absolute atomic E-state index is 0.0992. The Kier molecular flexibility index (Phi) is 6.82. The second-order valence-corrected chi connectivity index (χ2v) is 7.09. The Bertz CT molecular complexity index is 1000. The minimum Gasteiger partial charge on any atom is -0.368 e. The first-order chi connectivity index (χ1) is 13.9. The zero-order valence-corrected chi connectivity index (χ0v) is 17.1. The van der Waals surface area contributed by atoms with Gasteiger partial charge in [0.1, 0.15) is 5.82 Å². The van der Waals surface area contributed by atoms with Crippen molar-refractivity contribution in [2.24, 2.45) is 0 Å². The van der Waals surface area contributed by atoms with Gasteiger partial charge in [0.2, 0.25) is 17.8 Å². The van der Waals surface area contributed by atoms with Crippen LogP contribution in [0.4, 0.5) is 23.3 Å². The molecule has 0 aliphatic heterocycles. The van der Waals surface area contributed by atoms with Crippen molar-refractivity contribution in [2.75, 3.05) is 30.0 Å². The molecule has 150 valence electrons. The van der Waals surface area contributed by atoms with Gasteiger partial charge < -0.3 is 16.4 Å². The van der Waals surface area contributed by atoms with Crippen LogP contribution in [-0.2, 0) is 11.3 Å². The number of carbonyl (C=O) groups is 1. The fraction of sp³-hybridized carbons (Fsp3) is 0.158. The van der Waals surface area contributed by atoms with E-state index >= 15 is 0 Å². The molecular formula is C19H19Cl2N7O. The van der Waals surface area contributed by atoms with E-state index in [-0.39, 0.29) is 18.4 Å². The number of para-hydroxylation sites is 1. The zero-order valence-electron chi connectivity index (χ0n) is 15.6. The van der Waals surface area contributed by atoms with Crippen LogP contribution >= 0.6 is 23.2 Å². The van der Waals surface area contributed by atoms with Gasteiger partial charge in [-0.2, -0.15) is 15.0 Å². The number of rotatable bonds is 7. The Hall–Kier alpha value is -2.94. The monoisotopic (exact) mass is 431 g/mol. The first-order valence-corrected chi connectivity index (χ1v) is 9.40. The summed E-state index contributed by atoms with van der Waals surface area (Å²) in [6.07, 6.45) is 0. The number of amides is 1. The summed E-state index contributed by atoms with van der Waals surface area (Å²) in [5, 5.41) is 6.64. The van der Waals surface area contributed by atoms with Gasteiger partial charge in [0.25, 0.3) is 0 Å². The average Bonchev–Trinajstić information content (AvgIpc) is 2.65. The topological polar surface area (TPSA) is 109 Å². The Labute approximate surface area is 178 Å². The van der Waals surface area contributed by atoms with Gasteiger partial charge in [-0.3, -0.25) is 9.69 Å². The number of halogens is 2. The predicted molar refractivity (Wildman–Crippen MR) is 115 cm³/mol.